The molecule has 1 N–H and O–H groups in total. The van der Waals surface area contributed by atoms with E-state index in [1.807, 2.05) is 45.2 Å². The van der Waals surface area contributed by atoms with Gasteiger partial charge < -0.3 is 10.1 Å². The number of benzene rings is 1. The maximum absolute atomic E-state index is 12.8. The molecule has 8 nitrogen and oxygen atoms in total. The van der Waals surface area contributed by atoms with Crippen molar-refractivity contribution in [2.45, 2.75) is 52.8 Å². The van der Waals surface area contributed by atoms with Crippen LogP contribution in [0.4, 0.5) is 0 Å². The molecule has 2 unspecified atom stereocenters. The molecule has 1 saturated carbocycles. The molecule has 4 atom stereocenters. The normalized spacial score (nSPS) is 27.1. The molecule has 2 aliphatic heterocycles. The summed E-state index contributed by atoms with van der Waals surface area (Å²) in [6, 6.07) is 6.10. The molecule has 3 fully saturated rings. The summed E-state index contributed by atoms with van der Waals surface area (Å²) in [5.41, 5.74) is 3.78. The molecule has 0 radical (unpaired) electrons. The second kappa shape index (κ2) is 7.77. The molecule has 2 amide bonds. The van der Waals surface area contributed by atoms with E-state index in [2.05, 4.69) is 22.3 Å². The number of carbonyl (C=O) groups is 2. The molecular formula is C26H28ClN5O3. The molecule has 182 valence electrons. The lowest BCUT2D eigenvalue weighted by Crippen LogP contribution is -2.35. The molecule has 2 aromatic heterocycles. The predicted octanol–water partition coefficient (Wildman–Crippen LogP) is 3.63. The fourth-order valence-electron chi connectivity index (χ4n) is 5.83. The Hall–Kier alpha value is -2.97. The van der Waals surface area contributed by atoms with E-state index in [0.29, 0.717) is 16.8 Å². The number of likely N-dealkylation sites (tertiary alicyclic amines) is 1. The number of nitrogens with zero attached hydrogens (tertiary/aromatic N) is 4. The van der Waals surface area contributed by atoms with Gasteiger partial charge in [-0.3, -0.25) is 14.5 Å². The minimum Gasteiger partial charge on any atom is -0.488 e. The van der Waals surface area contributed by atoms with Crippen LogP contribution in [0.25, 0.3) is 16.8 Å². The molecule has 35 heavy (non-hydrogen) atoms. The molecule has 6 rings (SSSR count). The van der Waals surface area contributed by atoms with Gasteiger partial charge in [-0.05, 0) is 48.6 Å². The second-order valence-corrected chi connectivity index (χ2v) is 11.1. The quantitative estimate of drug-likeness (QED) is 0.546. The highest BCUT2D eigenvalue weighted by Gasteiger charge is 2.72. The molecule has 0 bridgehead atoms. The maximum atomic E-state index is 12.8. The van der Waals surface area contributed by atoms with Crippen LogP contribution < -0.4 is 10.1 Å². The number of aryl methyl sites for hydroxylation is 1. The number of aromatic nitrogens is 3. The van der Waals surface area contributed by atoms with Gasteiger partial charge in [0.25, 0.3) is 0 Å². The van der Waals surface area contributed by atoms with Crippen LogP contribution in [-0.4, -0.2) is 50.0 Å². The summed E-state index contributed by atoms with van der Waals surface area (Å²) in [5.74, 6) is 0.221. The van der Waals surface area contributed by atoms with E-state index in [9.17, 15) is 9.59 Å². The molecule has 0 spiro atoms. The van der Waals surface area contributed by atoms with E-state index >= 15 is 0 Å². The number of nitrogens with one attached hydrogen (secondary N) is 1. The third-order valence-corrected chi connectivity index (χ3v) is 8.00. The fourth-order valence-corrected chi connectivity index (χ4v) is 6.10. The Bertz CT molecular complexity index is 1360. The van der Waals surface area contributed by atoms with Gasteiger partial charge in [0.15, 0.2) is 0 Å². The number of hydrogen-bond donors (Lipinski definition) is 1. The van der Waals surface area contributed by atoms with Crippen molar-refractivity contribution in [1.29, 1.82) is 0 Å². The average Bonchev–Trinajstić information content (AvgIpc) is 3.16. The zero-order valence-electron chi connectivity index (χ0n) is 20.2. The van der Waals surface area contributed by atoms with Crippen LogP contribution >= 0.6 is 11.6 Å². The first-order chi connectivity index (χ1) is 16.6. The highest BCUT2D eigenvalue weighted by molar-refractivity contribution is 6.31. The van der Waals surface area contributed by atoms with Crippen LogP contribution in [0.15, 0.2) is 30.7 Å². The number of rotatable bonds is 5. The molecule has 1 aliphatic carbocycles. The number of piperidine rings is 1. The number of imide groups is 1. The van der Waals surface area contributed by atoms with Gasteiger partial charge in [-0.25, -0.2) is 9.50 Å². The Morgan fingerprint density at radius 2 is 1.94 bits per heavy atom. The zero-order chi connectivity index (χ0) is 24.6. The largest absolute Gasteiger partial charge is 0.488 e. The van der Waals surface area contributed by atoms with Crippen molar-refractivity contribution in [2.75, 3.05) is 6.54 Å². The van der Waals surface area contributed by atoms with Gasteiger partial charge in [0.1, 0.15) is 23.9 Å². The first kappa shape index (κ1) is 22.5. The highest BCUT2D eigenvalue weighted by Crippen LogP contribution is 2.63. The van der Waals surface area contributed by atoms with Crippen LogP contribution in [0.5, 0.6) is 5.75 Å². The number of fused-ring (bicyclic) bond motifs is 2. The van der Waals surface area contributed by atoms with Crippen LogP contribution in [0.3, 0.4) is 0 Å². The first-order valence-corrected chi connectivity index (χ1v) is 12.4. The number of carbonyl (C=O) groups excluding carboxylic acids is 2. The Morgan fingerprint density at radius 1 is 1.20 bits per heavy atom. The second-order valence-electron chi connectivity index (χ2n) is 10.7. The van der Waals surface area contributed by atoms with Crippen LogP contribution in [-0.2, 0) is 16.1 Å². The molecule has 4 heterocycles. The minimum atomic E-state index is -0.220. The monoisotopic (exact) mass is 493 g/mol. The van der Waals surface area contributed by atoms with Gasteiger partial charge in [0.05, 0.1) is 23.9 Å². The van der Waals surface area contributed by atoms with Gasteiger partial charge in [-0.1, -0.05) is 25.4 Å². The summed E-state index contributed by atoms with van der Waals surface area (Å²) in [4.78, 5) is 31.6. The average molecular weight is 494 g/mol. The fraction of sp³-hybridized carbons (Fsp3) is 0.462. The topological polar surface area (TPSA) is 88.8 Å². The summed E-state index contributed by atoms with van der Waals surface area (Å²) >= 11 is 6.45. The van der Waals surface area contributed by atoms with E-state index in [0.717, 1.165) is 40.9 Å². The molecule has 3 aromatic rings. The molecule has 9 heteroatoms. The Balaban J connectivity index is 1.35. The highest BCUT2D eigenvalue weighted by atomic mass is 35.5. The lowest BCUT2D eigenvalue weighted by Gasteiger charge is -2.19. The third-order valence-electron chi connectivity index (χ3n) is 7.78. The van der Waals surface area contributed by atoms with Crippen molar-refractivity contribution in [2.24, 2.45) is 17.3 Å². The number of amides is 2. The lowest BCUT2D eigenvalue weighted by atomic mass is 10.0. The summed E-state index contributed by atoms with van der Waals surface area (Å²) < 4.78 is 8.19. The van der Waals surface area contributed by atoms with E-state index in [4.69, 9.17) is 16.3 Å². The van der Waals surface area contributed by atoms with Crippen molar-refractivity contribution in [3.05, 3.63) is 46.9 Å². The Kier molecular flexibility index (Phi) is 4.99. The van der Waals surface area contributed by atoms with Crippen molar-refractivity contribution in [3.8, 4) is 17.0 Å². The molecule has 1 aromatic carbocycles. The standard InChI is InChI=1S/C26H28ClN5O3/c1-13-5-16(27)8-18(23(13)35-17-6-14(2)28-9-17)22-19-7-15(11-32(19)30-12-29-22)10-31-24(33)20-21(25(31)34)26(20,3)4/h5,7-8,11-12,14,17,20-21,28H,6,9-10H2,1-4H3/t14-,17-,20?,21?/m1/s1. The molecule has 2 saturated heterocycles. The Morgan fingerprint density at radius 3 is 2.63 bits per heavy atom. The summed E-state index contributed by atoms with van der Waals surface area (Å²) in [5, 5.41) is 8.39. The van der Waals surface area contributed by atoms with Gasteiger partial charge >= 0.3 is 0 Å². The summed E-state index contributed by atoms with van der Waals surface area (Å²) in [7, 11) is 0. The number of ether oxygens (including phenoxy) is 1. The van der Waals surface area contributed by atoms with Crippen LogP contribution in [0.1, 0.15) is 38.3 Å². The van der Waals surface area contributed by atoms with Crippen molar-refractivity contribution < 1.29 is 14.3 Å². The van der Waals surface area contributed by atoms with Crippen molar-refractivity contribution in [1.82, 2.24) is 24.8 Å². The lowest BCUT2D eigenvalue weighted by molar-refractivity contribution is -0.143. The Labute approximate surface area is 208 Å². The van der Waals surface area contributed by atoms with Gasteiger partial charge in [0, 0.05) is 35.8 Å². The zero-order valence-corrected chi connectivity index (χ0v) is 21.0. The van der Waals surface area contributed by atoms with Crippen LogP contribution in [0, 0.1) is 24.2 Å². The van der Waals surface area contributed by atoms with Crippen molar-refractivity contribution in [3.63, 3.8) is 0 Å². The van der Waals surface area contributed by atoms with E-state index < -0.39 is 0 Å². The van der Waals surface area contributed by atoms with E-state index in [-0.39, 0.29) is 41.7 Å². The minimum absolute atomic E-state index is 0.0618. The molecular weight excluding hydrogens is 466 g/mol. The van der Waals surface area contributed by atoms with E-state index in [1.165, 1.54) is 11.2 Å². The summed E-state index contributed by atoms with van der Waals surface area (Å²) in [6.45, 7) is 9.12. The molecule has 3 aliphatic rings. The third kappa shape index (κ3) is 3.53. The maximum Gasteiger partial charge on any atom is 0.233 e. The first-order valence-electron chi connectivity index (χ1n) is 12.0. The van der Waals surface area contributed by atoms with E-state index in [1.54, 1.807) is 4.52 Å². The van der Waals surface area contributed by atoms with Gasteiger partial charge in [-0.15, -0.1) is 0 Å². The van der Waals surface area contributed by atoms with Gasteiger partial charge in [0.2, 0.25) is 11.8 Å². The number of halogens is 1. The summed E-state index contributed by atoms with van der Waals surface area (Å²) in [6.07, 6.45) is 4.32. The van der Waals surface area contributed by atoms with Crippen molar-refractivity contribution >= 4 is 28.9 Å². The smallest absolute Gasteiger partial charge is 0.233 e. The van der Waals surface area contributed by atoms with Crippen LogP contribution in [0.2, 0.25) is 5.02 Å². The predicted molar refractivity (Wildman–Crippen MR) is 131 cm³/mol. The SMILES string of the molecule is Cc1cc(Cl)cc(-c2ncnn3cc(CN4C(=O)C5C(C4=O)C5(C)C)cc23)c1O[C@H]1CN[C@H](C)C1. The van der Waals surface area contributed by atoms with Gasteiger partial charge in [-0.2, -0.15) is 5.10 Å². The number of hydrogen-bond acceptors (Lipinski definition) is 6.